The summed E-state index contributed by atoms with van der Waals surface area (Å²) >= 11 is 0. The van der Waals surface area contributed by atoms with E-state index in [1.165, 1.54) is 30.7 Å². The highest BCUT2D eigenvalue weighted by Crippen LogP contribution is 2.49. The van der Waals surface area contributed by atoms with Crippen LogP contribution in [0.4, 0.5) is 0 Å². The van der Waals surface area contributed by atoms with E-state index in [1.54, 1.807) is 0 Å². The molecule has 3 rings (SSSR count). The highest BCUT2D eigenvalue weighted by Gasteiger charge is 2.40. The first kappa shape index (κ1) is 13.9. The maximum Gasteiger partial charge on any atom is 0.165 e. The van der Waals surface area contributed by atoms with E-state index in [-0.39, 0.29) is 5.41 Å². The molecule has 1 aromatic rings. The molecule has 0 N–H and O–H groups in total. The molecule has 0 radical (unpaired) electrons. The van der Waals surface area contributed by atoms with Crippen molar-refractivity contribution in [2.75, 3.05) is 0 Å². The number of aryl methyl sites for hydroxylation is 1. The maximum atomic E-state index is 12.4. The summed E-state index contributed by atoms with van der Waals surface area (Å²) in [7, 11) is 0. The number of carbonyl (C=O) groups excluding carboxylic acids is 1. The van der Waals surface area contributed by atoms with Gasteiger partial charge in [-0.3, -0.25) is 4.79 Å². The van der Waals surface area contributed by atoms with Gasteiger partial charge in [0.05, 0.1) is 0 Å². The van der Waals surface area contributed by atoms with E-state index in [9.17, 15) is 4.79 Å². The number of hydrogen-bond donors (Lipinski definition) is 0. The molecule has 20 heavy (non-hydrogen) atoms. The zero-order valence-corrected chi connectivity index (χ0v) is 13.5. The van der Waals surface area contributed by atoms with Gasteiger partial charge in [-0.1, -0.05) is 34.1 Å². The largest absolute Gasteiger partial charge is 0.345 e. The summed E-state index contributed by atoms with van der Waals surface area (Å²) in [4.78, 5) is 12.4. The smallest absolute Gasteiger partial charge is 0.165 e. The monoisotopic (exact) mass is 273 g/mol. The topological polar surface area (TPSA) is 22.0 Å². The summed E-state index contributed by atoms with van der Waals surface area (Å²) in [6.07, 6.45) is 5.58. The Labute approximate surface area is 122 Å². The second kappa shape index (κ2) is 4.22. The Kier molecular flexibility index (Phi) is 2.94. The minimum Gasteiger partial charge on any atom is -0.345 e. The number of Topliss-reactive ketones (excluding diaryl/α,β-unsaturated/α-hetero) is 1. The van der Waals surface area contributed by atoms with E-state index in [2.05, 4.69) is 45.3 Å². The third-order valence-corrected chi connectivity index (χ3v) is 5.43. The zero-order chi connectivity index (χ0) is 14.7. The van der Waals surface area contributed by atoms with Crippen molar-refractivity contribution in [2.45, 2.75) is 72.8 Å². The predicted octanol–water partition coefficient (Wildman–Crippen LogP) is 4.70. The SMILES string of the molecule is Cc1cc2c(n1C1CCCC1(C)C)CC(C)(C)CC2=O. The van der Waals surface area contributed by atoms with E-state index in [0.29, 0.717) is 23.7 Å². The lowest BCUT2D eigenvalue weighted by Gasteiger charge is -2.35. The van der Waals surface area contributed by atoms with Crippen molar-refractivity contribution in [2.24, 2.45) is 10.8 Å². The fourth-order valence-electron chi connectivity index (χ4n) is 4.39. The number of hydrogen-bond acceptors (Lipinski definition) is 1. The molecule has 0 spiro atoms. The van der Waals surface area contributed by atoms with Gasteiger partial charge in [-0.25, -0.2) is 0 Å². The van der Waals surface area contributed by atoms with Crippen molar-refractivity contribution in [1.82, 2.24) is 4.57 Å². The molecule has 0 saturated heterocycles. The van der Waals surface area contributed by atoms with Gasteiger partial charge in [0.2, 0.25) is 0 Å². The molecule has 0 amide bonds. The molecule has 1 saturated carbocycles. The molecular weight excluding hydrogens is 246 g/mol. The summed E-state index contributed by atoms with van der Waals surface area (Å²) < 4.78 is 2.52. The number of nitrogens with zero attached hydrogens (tertiary/aromatic N) is 1. The highest BCUT2D eigenvalue weighted by atomic mass is 16.1. The standard InChI is InChI=1S/C18H27NO/c1-12-9-13-14(10-17(2,3)11-15(13)20)19(12)16-7-6-8-18(16,4)5/h9,16H,6-8,10-11H2,1-5H3. The number of fused-ring (bicyclic) bond motifs is 1. The molecule has 2 aliphatic carbocycles. The van der Waals surface area contributed by atoms with Crippen LogP contribution in [0, 0.1) is 17.8 Å². The van der Waals surface area contributed by atoms with Crippen molar-refractivity contribution in [3.8, 4) is 0 Å². The van der Waals surface area contributed by atoms with E-state index in [0.717, 1.165) is 12.0 Å². The van der Waals surface area contributed by atoms with E-state index in [1.807, 2.05) is 0 Å². The number of aromatic nitrogens is 1. The first-order chi connectivity index (χ1) is 9.21. The zero-order valence-electron chi connectivity index (χ0n) is 13.5. The number of rotatable bonds is 1. The molecule has 2 heteroatoms. The number of ketones is 1. The first-order valence-electron chi connectivity index (χ1n) is 7.95. The van der Waals surface area contributed by atoms with Crippen molar-refractivity contribution < 1.29 is 4.79 Å². The Balaban J connectivity index is 2.12. The first-order valence-corrected chi connectivity index (χ1v) is 7.95. The van der Waals surface area contributed by atoms with Crippen LogP contribution in [0.1, 0.15) is 81.2 Å². The van der Waals surface area contributed by atoms with Gasteiger partial charge in [0.25, 0.3) is 0 Å². The molecule has 2 nitrogen and oxygen atoms in total. The Bertz CT molecular complexity index is 562. The second-order valence-electron chi connectivity index (χ2n) is 8.35. The average molecular weight is 273 g/mol. The summed E-state index contributed by atoms with van der Waals surface area (Å²) in [5, 5.41) is 0. The predicted molar refractivity (Wildman–Crippen MR) is 82.3 cm³/mol. The van der Waals surface area contributed by atoms with Crippen LogP contribution >= 0.6 is 0 Å². The molecule has 0 bridgehead atoms. The number of carbonyl (C=O) groups is 1. The summed E-state index contributed by atoms with van der Waals surface area (Å²) in [6, 6.07) is 2.70. The van der Waals surface area contributed by atoms with Crippen molar-refractivity contribution in [1.29, 1.82) is 0 Å². The summed E-state index contributed by atoms with van der Waals surface area (Å²) in [6.45, 7) is 11.4. The van der Waals surface area contributed by atoms with Crippen LogP contribution in [0.15, 0.2) is 6.07 Å². The molecule has 2 aliphatic rings. The van der Waals surface area contributed by atoms with Crippen LogP contribution in [0.25, 0.3) is 0 Å². The van der Waals surface area contributed by atoms with Crippen LogP contribution in [0.2, 0.25) is 0 Å². The third-order valence-electron chi connectivity index (χ3n) is 5.43. The third kappa shape index (κ3) is 2.04. The maximum absolute atomic E-state index is 12.4. The minimum absolute atomic E-state index is 0.107. The van der Waals surface area contributed by atoms with Gasteiger partial charge in [-0.15, -0.1) is 0 Å². The van der Waals surface area contributed by atoms with Crippen LogP contribution in [0.3, 0.4) is 0 Å². The molecule has 1 heterocycles. The van der Waals surface area contributed by atoms with Crippen molar-refractivity contribution >= 4 is 5.78 Å². The quantitative estimate of drug-likeness (QED) is 0.726. The molecule has 1 fully saturated rings. The van der Waals surface area contributed by atoms with Gasteiger partial charge >= 0.3 is 0 Å². The lowest BCUT2D eigenvalue weighted by molar-refractivity contribution is 0.0907. The second-order valence-corrected chi connectivity index (χ2v) is 8.35. The van der Waals surface area contributed by atoms with Gasteiger partial charge in [0.15, 0.2) is 5.78 Å². The van der Waals surface area contributed by atoms with Gasteiger partial charge in [0, 0.05) is 29.4 Å². The Morgan fingerprint density at radius 3 is 2.50 bits per heavy atom. The fourth-order valence-corrected chi connectivity index (χ4v) is 4.39. The van der Waals surface area contributed by atoms with Crippen LogP contribution in [-0.4, -0.2) is 10.4 Å². The molecule has 110 valence electrons. The van der Waals surface area contributed by atoms with Gasteiger partial charge in [-0.05, 0) is 43.1 Å². The fraction of sp³-hybridized carbons (Fsp3) is 0.722. The molecule has 1 atom stereocenters. The van der Waals surface area contributed by atoms with Gasteiger partial charge < -0.3 is 4.57 Å². The molecule has 1 aromatic heterocycles. The Morgan fingerprint density at radius 2 is 1.90 bits per heavy atom. The van der Waals surface area contributed by atoms with Crippen LogP contribution in [-0.2, 0) is 6.42 Å². The van der Waals surface area contributed by atoms with Gasteiger partial charge in [-0.2, -0.15) is 0 Å². The van der Waals surface area contributed by atoms with Crippen molar-refractivity contribution in [3.05, 3.63) is 23.0 Å². The highest BCUT2D eigenvalue weighted by molar-refractivity contribution is 5.99. The summed E-state index contributed by atoms with van der Waals surface area (Å²) in [5.74, 6) is 0.342. The van der Waals surface area contributed by atoms with Crippen LogP contribution < -0.4 is 0 Å². The van der Waals surface area contributed by atoms with E-state index < -0.39 is 0 Å². The minimum atomic E-state index is 0.107. The van der Waals surface area contributed by atoms with E-state index in [4.69, 9.17) is 0 Å². The molecule has 0 aliphatic heterocycles. The molecule has 1 unspecified atom stereocenters. The Morgan fingerprint density at radius 1 is 1.20 bits per heavy atom. The Hall–Kier alpha value is -1.05. The molecular formula is C18H27NO. The lowest BCUT2D eigenvalue weighted by Crippen LogP contribution is -2.31. The van der Waals surface area contributed by atoms with Crippen molar-refractivity contribution in [3.63, 3.8) is 0 Å². The molecule has 0 aromatic carbocycles. The summed E-state index contributed by atoms with van der Waals surface area (Å²) in [5.41, 5.74) is 4.05. The normalized spacial score (nSPS) is 27.6. The van der Waals surface area contributed by atoms with Gasteiger partial charge in [0.1, 0.15) is 0 Å². The van der Waals surface area contributed by atoms with E-state index >= 15 is 0 Å². The lowest BCUT2D eigenvalue weighted by atomic mass is 9.76. The van der Waals surface area contributed by atoms with Crippen LogP contribution in [0.5, 0.6) is 0 Å². The average Bonchev–Trinajstić information content (AvgIpc) is 2.77.